The zero-order valence-corrected chi connectivity index (χ0v) is 13.2. The van der Waals surface area contributed by atoms with Crippen LogP contribution in [0.2, 0.25) is 0 Å². The predicted molar refractivity (Wildman–Crippen MR) is 74.9 cm³/mol. The number of amides is 1. The van der Waals surface area contributed by atoms with Crippen molar-refractivity contribution in [2.24, 2.45) is 0 Å². The molecule has 0 aliphatic carbocycles. The van der Waals surface area contributed by atoms with E-state index >= 15 is 0 Å². The minimum Gasteiger partial charge on any atom is -0.460 e. The second-order valence-electron chi connectivity index (χ2n) is 5.68. The third-order valence-electron chi connectivity index (χ3n) is 3.99. The molecule has 3 fully saturated rings. The van der Waals surface area contributed by atoms with Gasteiger partial charge in [0.2, 0.25) is 0 Å². The number of fused-ring (bicyclic) bond motifs is 1. The van der Waals surface area contributed by atoms with E-state index in [1.807, 2.05) is 0 Å². The number of nitrogens with one attached hydrogen (secondary N) is 1. The fourth-order valence-electron chi connectivity index (χ4n) is 2.95. The van der Waals surface area contributed by atoms with Crippen molar-refractivity contribution >= 4 is 22.2 Å². The molecule has 0 aromatic rings. The molecular weight excluding hydrogens is 330 g/mol. The minimum absolute atomic E-state index is 0.0234. The largest absolute Gasteiger partial charge is 0.460 e. The Bertz CT molecular complexity index is 644. The first-order valence-electron chi connectivity index (χ1n) is 7.14. The van der Waals surface area contributed by atoms with Crippen molar-refractivity contribution in [2.45, 2.75) is 43.0 Å². The maximum atomic E-state index is 11.7. The van der Waals surface area contributed by atoms with Crippen LogP contribution >= 0.6 is 0 Å². The molecule has 3 aliphatic rings. The molecule has 9 nitrogen and oxygen atoms in total. The molecule has 5 unspecified atom stereocenters. The van der Waals surface area contributed by atoms with Crippen molar-refractivity contribution in [2.75, 3.05) is 13.2 Å². The van der Waals surface area contributed by atoms with Crippen LogP contribution in [0.4, 0.5) is 4.79 Å². The van der Waals surface area contributed by atoms with E-state index in [-0.39, 0.29) is 25.1 Å². The van der Waals surface area contributed by atoms with E-state index in [2.05, 4.69) is 11.9 Å². The molecule has 2 bridgehead atoms. The smallest absolute Gasteiger partial charge is 0.407 e. The zero-order valence-electron chi connectivity index (χ0n) is 12.4. The van der Waals surface area contributed by atoms with Gasteiger partial charge in [-0.3, -0.25) is 4.18 Å². The summed E-state index contributed by atoms with van der Waals surface area (Å²) in [6.07, 6.45) is -3.07. The zero-order chi connectivity index (χ0) is 16.8. The van der Waals surface area contributed by atoms with E-state index in [1.54, 1.807) is 0 Å². The third kappa shape index (κ3) is 2.93. The van der Waals surface area contributed by atoms with E-state index in [0.717, 1.165) is 0 Å². The number of rotatable bonds is 5. The van der Waals surface area contributed by atoms with Gasteiger partial charge in [-0.1, -0.05) is 6.58 Å². The predicted octanol–water partition coefficient (Wildman–Crippen LogP) is -0.531. The van der Waals surface area contributed by atoms with Gasteiger partial charge in [-0.2, -0.15) is 8.42 Å². The Morgan fingerprint density at radius 1 is 1.35 bits per heavy atom. The fraction of sp³-hybridized carbons (Fsp3) is 0.692. The lowest BCUT2D eigenvalue weighted by Crippen LogP contribution is -2.43. The fourth-order valence-corrected chi connectivity index (χ4v) is 4.60. The lowest BCUT2D eigenvalue weighted by molar-refractivity contribution is -0.138. The summed E-state index contributed by atoms with van der Waals surface area (Å²) >= 11 is 0. The summed E-state index contributed by atoms with van der Waals surface area (Å²) in [4.78, 5) is 22.9. The Hall–Kier alpha value is -1.65. The van der Waals surface area contributed by atoms with Crippen LogP contribution in [-0.4, -0.2) is 63.3 Å². The van der Waals surface area contributed by atoms with Gasteiger partial charge in [0.1, 0.15) is 24.1 Å². The molecule has 3 aliphatic heterocycles. The van der Waals surface area contributed by atoms with Crippen LogP contribution in [0.25, 0.3) is 0 Å². The van der Waals surface area contributed by atoms with Crippen molar-refractivity contribution < 1.29 is 36.4 Å². The topological polar surface area (TPSA) is 117 Å². The average Bonchev–Trinajstić information content (AvgIpc) is 3.07. The molecule has 0 spiro atoms. The maximum Gasteiger partial charge on any atom is 0.407 e. The summed E-state index contributed by atoms with van der Waals surface area (Å²) in [5, 5.41) is 1.75. The van der Waals surface area contributed by atoms with E-state index in [9.17, 15) is 18.0 Å². The van der Waals surface area contributed by atoms with Crippen LogP contribution in [0, 0.1) is 0 Å². The summed E-state index contributed by atoms with van der Waals surface area (Å²) in [6, 6.07) is 0. The molecule has 0 radical (unpaired) electrons. The Kier molecular flexibility index (Phi) is 4.07. The number of carbonyl (C=O) groups is 2. The highest BCUT2D eigenvalue weighted by atomic mass is 32.2. The van der Waals surface area contributed by atoms with Gasteiger partial charge in [0.05, 0.1) is 12.6 Å². The molecule has 1 amide bonds. The summed E-state index contributed by atoms with van der Waals surface area (Å²) in [6.45, 7) is 4.98. The molecule has 0 aromatic carbocycles. The molecule has 10 heteroatoms. The Balaban J connectivity index is 1.45. The monoisotopic (exact) mass is 347 g/mol. The van der Waals surface area contributed by atoms with E-state index in [4.69, 9.17) is 18.4 Å². The van der Waals surface area contributed by atoms with Crippen molar-refractivity contribution in [3.8, 4) is 0 Å². The number of alkyl carbamates (subject to hydrolysis) is 1. The van der Waals surface area contributed by atoms with Crippen LogP contribution in [-0.2, 0) is 33.3 Å². The Morgan fingerprint density at radius 2 is 2.09 bits per heavy atom. The van der Waals surface area contributed by atoms with E-state index in [1.165, 1.54) is 6.92 Å². The summed E-state index contributed by atoms with van der Waals surface area (Å²) in [7, 11) is -3.64. The first-order valence-corrected chi connectivity index (χ1v) is 8.61. The Labute approximate surface area is 133 Å². The normalized spacial score (nSPS) is 35.8. The molecule has 3 saturated heterocycles. The third-order valence-corrected chi connectivity index (χ3v) is 5.68. The van der Waals surface area contributed by atoms with Crippen molar-refractivity contribution in [3.63, 3.8) is 0 Å². The molecule has 0 saturated carbocycles. The second kappa shape index (κ2) is 5.77. The molecular formula is C13H17NO8S. The summed E-state index contributed by atoms with van der Waals surface area (Å²) in [5.74, 6) is -0.544. The van der Waals surface area contributed by atoms with Gasteiger partial charge >= 0.3 is 12.1 Å². The van der Waals surface area contributed by atoms with Crippen LogP contribution in [0.15, 0.2) is 12.2 Å². The van der Waals surface area contributed by atoms with Crippen LogP contribution in [0.3, 0.4) is 0 Å². The van der Waals surface area contributed by atoms with Crippen molar-refractivity contribution in [3.05, 3.63) is 12.2 Å². The highest BCUT2D eigenvalue weighted by Crippen LogP contribution is 2.47. The van der Waals surface area contributed by atoms with E-state index in [0.29, 0.717) is 0 Å². The standard InChI is InChI=1S/C13H17NO8S/c1-6(2)12(15)19-4-3-14-13(16)21-9-7-5-8-10(20-7)11(9)22-23(8,17)18/h7-11H,1,3-5H2,2H3,(H,14,16). The molecule has 3 heterocycles. The SMILES string of the molecule is C=C(C)C(=O)OCCNC(=O)OC1C2CC3C(O2)C1OS3(=O)=O. The Morgan fingerprint density at radius 3 is 2.78 bits per heavy atom. The molecule has 1 N–H and O–H groups in total. The highest BCUT2D eigenvalue weighted by Gasteiger charge is 2.67. The van der Waals surface area contributed by atoms with Gasteiger partial charge in [0.25, 0.3) is 10.1 Å². The summed E-state index contributed by atoms with van der Waals surface area (Å²) in [5.41, 5.74) is 0.265. The molecule has 23 heavy (non-hydrogen) atoms. The quantitative estimate of drug-likeness (QED) is 0.305. The van der Waals surface area contributed by atoms with Crippen molar-refractivity contribution in [1.29, 1.82) is 0 Å². The molecule has 3 rings (SSSR count). The minimum atomic E-state index is -3.64. The van der Waals surface area contributed by atoms with Gasteiger partial charge in [0, 0.05) is 5.57 Å². The lowest BCUT2D eigenvalue weighted by atomic mass is 9.94. The lowest BCUT2D eigenvalue weighted by Gasteiger charge is -2.21. The van der Waals surface area contributed by atoms with Gasteiger partial charge in [-0.15, -0.1) is 0 Å². The van der Waals surface area contributed by atoms with Crippen LogP contribution in [0.1, 0.15) is 13.3 Å². The number of ether oxygens (including phenoxy) is 3. The van der Waals surface area contributed by atoms with Gasteiger partial charge in [0.15, 0.2) is 6.10 Å². The summed E-state index contributed by atoms with van der Waals surface area (Å²) < 4.78 is 44.0. The second-order valence-corrected chi connectivity index (χ2v) is 7.46. The number of hydrogen-bond acceptors (Lipinski definition) is 8. The van der Waals surface area contributed by atoms with E-state index < -0.39 is 51.8 Å². The van der Waals surface area contributed by atoms with Gasteiger partial charge in [-0.05, 0) is 13.3 Å². The molecule has 0 aromatic heterocycles. The molecule has 128 valence electrons. The van der Waals surface area contributed by atoms with Gasteiger partial charge < -0.3 is 19.5 Å². The van der Waals surface area contributed by atoms with Crippen LogP contribution < -0.4 is 5.32 Å². The number of esters is 1. The maximum absolute atomic E-state index is 11.7. The average molecular weight is 347 g/mol. The highest BCUT2D eigenvalue weighted by molar-refractivity contribution is 7.87. The number of hydrogen-bond donors (Lipinski definition) is 1. The van der Waals surface area contributed by atoms with Gasteiger partial charge in [-0.25, -0.2) is 9.59 Å². The van der Waals surface area contributed by atoms with Crippen molar-refractivity contribution in [1.82, 2.24) is 5.32 Å². The first-order chi connectivity index (χ1) is 10.8. The number of carbonyl (C=O) groups excluding carboxylic acids is 2. The first kappa shape index (κ1) is 16.2. The molecule has 5 atom stereocenters. The van der Waals surface area contributed by atoms with Crippen LogP contribution in [0.5, 0.6) is 0 Å².